The highest BCUT2D eigenvalue weighted by Crippen LogP contribution is 2.23. The smallest absolute Gasteiger partial charge is 0.130 e. The van der Waals surface area contributed by atoms with Crippen LogP contribution in [0, 0.1) is 18.3 Å². The van der Waals surface area contributed by atoms with Crippen molar-refractivity contribution in [2.45, 2.75) is 19.4 Å². The molecule has 20 heavy (non-hydrogen) atoms. The molecule has 0 amide bonds. The van der Waals surface area contributed by atoms with Crippen LogP contribution in [-0.2, 0) is 0 Å². The molecule has 1 N–H and O–H groups in total. The fourth-order valence-corrected chi connectivity index (χ4v) is 3.17. The molecule has 1 atom stereocenters. The number of rotatable bonds is 2. The Balaban J connectivity index is 1.70. The Morgan fingerprint density at radius 3 is 2.85 bits per heavy atom. The van der Waals surface area contributed by atoms with Crippen LogP contribution < -0.4 is 10.2 Å². The van der Waals surface area contributed by atoms with Crippen LogP contribution in [0.5, 0.6) is 0 Å². The molecule has 0 aliphatic carbocycles. The van der Waals surface area contributed by atoms with Crippen molar-refractivity contribution in [2.75, 3.05) is 44.2 Å². The molecule has 0 aromatic carbocycles. The van der Waals surface area contributed by atoms with Gasteiger partial charge in [-0.1, -0.05) is 0 Å². The van der Waals surface area contributed by atoms with Gasteiger partial charge in [0.25, 0.3) is 0 Å². The Labute approximate surface area is 120 Å². The predicted molar refractivity (Wildman–Crippen MR) is 78.7 cm³/mol. The minimum atomic E-state index is 0.630. The molecule has 0 spiro atoms. The third-order valence-electron chi connectivity index (χ3n) is 4.22. The summed E-state index contributed by atoms with van der Waals surface area (Å²) in [6.45, 7) is 8.49. The summed E-state index contributed by atoms with van der Waals surface area (Å²) in [7, 11) is 0. The van der Waals surface area contributed by atoms with Gasteiger partial charge in [-0.3, -0.25) is 4.90 Å². The Kier molecular flexibility index (Phi) is 3.86. The molecule has 0 bridgehead atoms. The van der Waals surface area contributed by atoms with Crippen molar-refractivity contribution in [3.05, 3.63) is 23.4 Å². The van der Waals surface area contributed by atoms with Crippen molar-refractivity contribution in [1.82, 2.24) is 15.2 Å². The number of nitrogens with zero attached hydrogens (tertiary/aromatic N) is 4. The fourth-order valence-electron chi connectivity index (χ4n) is 3.17. The first-order valence-corrected chi connectivity index (χ1v) is 7.35. The number of anilines is 1. The van der Waals surface area contributed by atoms with Crippen LogP contribution in [-0.4, -0.2) is 55.2 Å². The van der Waals surface area contributed by atoms with Gasteiger partial charge in [-0.15, -0.1) is 0 Å². The molecule has 2 aliphatic heterocycles. The Hall–Kier alpha value is -1.64. The van der Waals surface area contributed by atoms with E-state index in [0.29, 0.717) is 11.6 Å². The molecule has 1 unspecified atom stereocenters. The van der Waals surface area contributed by atoms with Gasteiger partial charge in [0, 0.05) is 51.0 Å². The summed E-state index contributed by atoms with van der Waals surface area (Å²) in [5.41, 5.74) is 1.63. The van der Waals surface area contributed by atoms with Crippen LogP contribution in [0.3, 0.4) is 0 Å². The highest BCUT2D eigenvalue weighted by atomic mass is 15.3. The van der Waals surface area contributed by atoms with Crippen molar-refractivity contribution in [1.29, 1.82) is 5.26 Å². The lowest BCUT2D eigenvalue weighted by molar-refractivity contribution is 0.185. The first-order valence-electron chi connectivity index (χ1n) is 7.35. The van der Waals surface area contributed by atoms with Gasteiger partial charge in [0.2, 0.25) is 0 Å². The predicted octanol–water partition coefficient (Wildman–Crippen LogP) is 0.746. The van der Waals surface area contributed by atoms with Crippen molar-refractivity contribution in [3.8, 4) is 6.07 Å². The van der Waals surface area contributed by atoms with Crippen LogP contribution in [0.15, 0.2) is 12.1 Å². The number of hydrogen-bond donors (Lipinski definition) is 1. The van der Waals surface area contributed by atoms with E-state index in [1.54, 1.807) is 0 Å². The van der Waals surface area contributed by atoms with Gasteiger partial charge >= 0.3 is 0 Å². The van der Waals surface area contributed by atoms with E-state index in [4.69, 9.17) is 5.26 Å². The molecular weight excluding hydrogens is 250 g/mol. The fraction of sp³-hybridized carbons (Fsp3) is 0.600. The van der Waals surface area contributed by atoms with Gasteiger partial charge in [0.1, 0.15) is 5.82 Å². The van der Waals surface area contributed by atoms with E-state index < -0.39 is 0 Å². The zero-order chi connectivity index (χ0) is 13.9. The van der Waals surface area contributed by atoms with Crippen LogP contribution in [0.25, 0.3) is 0 Å². The van der Waals surface area contributed by atoms with Gasteiger partial charge in [0.15, 0.2) is 0 Å². The average Bonchev–Trinajstić information content (AvgIpc) is 2.97. The summed E-state index contributed by atoms with van der Waals surface area (Å²) in [6, 6.07) is 6.60. The highest BCUT2D eigenvalue weighted by molar-refractivity contribution is 5.47. The molecule has 0 radical (unpaired) electrons. The molecule has 1 aromatic heterocycles. The standard InChI is InChI=1S/C15H21N5/c1-12-8-13(10-16)9-15(18-12)20-5-2-14(11-20)19-6-3-17-4-7-19/h8-9,14,17H,2-7,11H2,1H3. The monoisotopic (exact) mass is 271 g/mol. The van der Waals surface area contributed by atoms with E-state index in [-0.39, 0.29) is 0 Å². The lowest BCUT2D eigenvalue weighted by atomic mass is 10.2. The van der Waals surface area contributed by atoms with Gasteiger partial charge in [0.05, 0.1) is 11.6 Å². The third-order valence-corrected chi connectivity index (χ3v) is 4.22. The van der Waals surface area contributed by atoms with E-state index in [9.17, 15) is 0 Å². The first-order chi connectivity index (χ1) is 9.76. The molecule has 0 saturated carbocycles. The second kappa shape index (κ2) is 5.78. The van der Waals surface area contributed by atoms with Crippen LogP contribution in [0.1, 0.15) is 17.7 Å². The minimum Gasteiger partial charge on any atom is -0.355 e. The van der Waals surface area contributed by atoms with Gasteiger partial charge in [-0.25, -0.2) is 4.98 Å². The van der Waals surface area contributed by atoms with Crippen molar-refractivity contribution >= 4 is 5.82 Å². The molecule has 2 saturated heterocycles. The van der Waals surface area contributed by atoms with E-state index in [0.717, 1.165) is 50.8 Å². The average molecular weight is 271 g/mol. The zero-order valence-corrected chi connectivity index (χ0v) is 12.0. The summed E-state index contributed by atoms with van der Waals surface area (Å²) in [4.78, 5) is 9.49. The molecule has 3 heterocycles. The summed E-state index contributed by atoms with van der Waals surface area (Å²) in [6.07, 6.45) is 1.19. The number of hydrogen-bond acceptors (Lipinski definition) is 5. The van der Waals surface area contributed by atoms with Crippen LogP contribution in [0.4, 0.5) is 5.82 Å². The second-order valence-corrected chi connectivity index (χ2v) is 5.64. The summed E-state index contributed by atoms with van der Waals surface area (Å²) >= 11 is 0. The first kappa shape index (κ1) is 13.3. The number of aryl methyl sites for hydroxylation is 1. The number of pyridine rings is 1. The molecule has 5 heteroatoms. The summed E-state index contributed by atoms with van der Waals surface area (Å²) in [5.74, 6) is 0.958. The number of piperazine rings is 1. The molecular formula is C15H21N5. The zero-order valence-electron chi connectivity index (χ0n) is 12.0. The number of nitriles is 1. The maximum absolute atomic E-state index is 9.07. The topological polar surface area (TPSA) is 55.2 Å². The molecule has 3 rings (SSSR count). The Bertz CT molecular complexity index is 515. The van der Waals surface area contributed by atoms with E-state index >= 15 is 0 Å². The SMILES string of the molecule is Cc1cc(C#N)cc(N2CCC(N3CCNCC3)C2)n1. The summed E-state index contributed by atoms with van der Waals surface area (Å²) < 4.78 is 0. The van der Waals surface area contributed by atoms with Crippen molar-refractivity contribution < 1.29 is 0 Å². The van der Waals surface area contributed by atoms with Gasteiger partial charge in [-0.05, 0) is 25.5 Å². The number of aromatic nitrogens is 1. The van der Waals surface area contributed by atoms with Crippen LogP contribution >= 0.6 is 0 Å². The van der Waals surface area contributed by atoms with Gasteiger partial charge in [-0.2, -0.15) is 5.26 Å². The molecule has 2 aliphatic rings. The van der Waals surface area contributed by atoms with Crippen molar-refractivity contribution in [2.24, 2.45) is 0 Å². The Morgan fingerprint density at radius 2 is 2.10 bits per heavy atom. The lowest BCUT2D eigenvalue weighted by Gasteiger charge is -2.32. The number of nitrogens with one attached hydrogen (secondary N) is 1. The second-order valence-electron chi connectivity index (χ2n) is 5.64. The molecule has 106 valence electrons. The molecule has 2 fully saturated rings. The molecule has 5 nitrogen and oxygen atoms in total. The highest BCUT2D eigenvalue weighted by Gasteiger charge is 2.29. The molecule has 1 aromatic rings. The van der Waals surface area contributed by atoms with E-state index in [1.165, 1.54) is 6.42 Å². The van der Waals surface area contributed by atoms with E-state index in [2.05, 4.69) is 26.2 Å². The maximum Gasteiger partial charge on any atom is 0.130 e. The largest absolute Gasteiger partial charge is 0.355 e. The lowest BCUT2D eigenvalue weighted by Crippen LogP contribution is -2.49. The maximum atomic E-state index is 9.07. The Morgan fingerprint density at radius 1 is 1.30 bits per heavy atom. The third kappa shape index (κ3) is 2.77. The quantitative estimate of drug-likeness (QED) is 0.860. The van der Waals surface area contributed by atoms with Crippen molar-refractivity contribution in [3.63, 3.8) is 0 Å². The minimum absolute atomic E-state index is 0.630. The van der Waals surface area contributed by atoms with E-state index in [1.807, 2.05) is 19.1 Å². The normalized spacial score (nSPS) is 23.8. The summed E-state index contributed by atoms with van der Waals surface area (Å²) in [5, 5.41) is 12.5. The van der Waals surface area contributed by atoms with Crippen LogP contribution in [0.2, 0.25) is 0 Å². The van der Waals surface area contributed by atoms with Gasteiger partial charge < -0.3 is 10.2 Å².